The summed E-state index contributed by atoms with van der Waals surface area (Å²) >= 11 is 0. The van der Waals surface area contributed by atoms with Crippen molar-refractivity contribution in [2.45, 2.75) is 38.6 Å². The first-order valence-electron chi connectivity index (χ1n) is 9.03. The van der Waals surface area contributed by atoms with Crippen LogP contribution < -0.4 is 9.47 Å². The molecule has 0 spiro atoms. The van der Waals surface area contributed by atoms with Crippen LogP contribution in [0.3, 0.4) is 0 Å². The predicted molar refractivity (Wildman–Crippen MR) is 102 cm³/mol. The van der Waals surface area contributed by atoms with Gasteiger partial charge in [0.15, 0.2) is 0 Å². The molecule has 26 heavy (non-hydrogen) atoms. The van der Waals surface area contributed by atoms with Crippen molar-refractivity contribution < 1.29 is 14.3 Å². The van der Waals surface area contributed by atoms with Crippen molar-refractivity contribution in [1.29, 1.82) is 0 Å². The van der Waals surface area contributed by atoms with E-state index in [4.69, 9.17) is 9.47 Å². The van der Waals surface area contributed by atoms with E-state index in [2.05, 4.69) is 25.3 Å². The number of carbonyl (C=O) groups excluding carboxylic acids is 1. The summed E-state index contributed by atoms with van der Waals surface area (Å²) in [5, 5.41) is 0. The zero-order valence-electron chi connectivity index (χ0n) is 16.3. The molecule has 1 saturated heterocycles. The van der Waals surface area contributed by atoms with Crippen LogP contribution in [0.1, 0.15) is 49.0 Å². The van der Waals surface area contributed by atoms with Crippen LogP contribution in [0.2, 0.25) is 0 Å². The molecule has 0 unspecified atom stereocenters. The van der Waals surface area contributed by atoms with Crippen LogP contribution in [0.25, 0.3) is 0 Å². The maximum absolute atomic E-state index is 12.9. The van der Waals surface area contributed by atoms with E-state index in [-0.39, 0.29) is 17.4 Å². The second-order valence-electron chi connectivity index (χ2n) is 7.82. The highest BCUT2D eigenvalue weighted by Gasteiger charge is 2.30. The Morgan fingerprint density at radius 2 is 1.92 bits per heavy atom. The van der Waals surface area contributed by atoms with Crippen LogP contribution >= 0.6 is 0 Å². The molecule has 2 heterocycles. The van der Waals surface area contributed by atoms with Gasteiger partial charge in [-0.25, -0.2) is 0 Å². The molecule has 1 aromatic carbocycles. The van der Waals surface area contributed by atoms with Crippen LogP contribution in [0, 0.1) is 0 Å². The second kappa shape index (κ2) is 7.06. The van der Waals surface area contributed by atoms with Gasteiger partial charge in [0.2, 0.25) is 0 Å². The van der Waals surface area contributed by atoms with E-state index in [1.54, 1.807) is 14.2 Å². The van der Waals surface area contributed by atoms with E-state index in [9.17, 15) is 4.79 Å². The number of nitrogens with zero attached hydrogens (tertiary/aromatic N) is 2. The SMILES string of the molecule is COc1ccc(OC)c([C@H]2CCN(C(=O)c3ccn(C(C)(C)C)c3)C2)c1. The fraction of sp³-hybridized carbons (Fsp3) is 0.476. The number of aromatic nitrogens is 1. The minimum atomic E-state index is -0.0277. The van der Waals surface area contributed by atoms with Gasteiger partial charge >= 0.3 is 0 Å². The molecule has 0 aliphatic carbocycles. The summed E-state index contributed by atoms with van der Waals surface area (Å²) in [5.74, 6) is 2.02. The second-order valence-corrected chi connectivity index (χ2v) is 7.82. The summed E-state index contributed by atoms with van der Waals surface area (Å²) in [7, 11) is 3.34. The van der Waals surface area contributed by atoms with Crippen molar-refractivity contribution in [2.75, 3.05) is 27.3 Å². The molecule has 1 aromatic heterocycles. The van der Waals surface area contributed by atoms with Gasteiger partial charge in [0, 0.05) is 42.5 Å². The topological polar surface area (TPSA) is 43.7 Å². The Morgan fingerprint density at radius 1 is 1.15 bits per heavy atom. The number of amides is 1. The van der Waals surface area contributed by atoms with Gasteiger partial charge in [0.25, 0.3) is 5.91 Å². The minimum Gasteiger partial charge on any atom is -0.497 e. The van der Waals surface area contributed by atoms with Crippen molar-refractivity contribution in [1.82, 2.24) is 9.47 Å². The fourth-order valence-corrected chi connectivity index (χ4v) is 3.48. The van der Waals surface area contributed by atoms with E-state index in [0.717, 1.165) is 35.6 Å². The molecule has 5 nitrogen and oxygen atoms in total. The minimum absolute atomic E-state index is 0.0277. The summed E-state index contributed by atoms with van der Waals surface area (Å²) in [6, 6.07) is 7.76. The van der Waals surface area contributed by atoms with Gasteiger partial charge in [-0.3, -0.25) is 4.79 Å². The summed E-state index contributed by atoms with van der Waals surface area (Å²) in [6.45, 7) is 7.83. The Balaban J connectivity index is 1.76. The normalized spacial score (nSPS) is 17.4. The average Bonchev–Trinajstić information content (AvgIpc) is 3.29. The van der Waals surface area contributed by atoms with Crippen LogP contribution in [0.5, 0.6) is 11.5 Å². The Morgan fingerprint density at radius 3 is 2.54 bits per heavy atom. The van der Waals surface area contributed by atoms with Crippen molar-refractivity contribution >= 4 is 5.91 Å². The summed E-state index contributed by atoms with van der Waals surface area (Å²) in [6.07, 6.45) is 4.85. The molecule has 1 aliphatic heterocycles. The van der Waals surface area contributed by atoms with Crippen LogP contribution in [0.15, 0.2) is 36.7 Å². The number of carbonyl (C=O) groups is 1. The highest BCUT2D eigenvalue weighted by Crippen LogP contribution is 2.36. The van der Waals surface area contributed by atoms with Crippen LogP contribution in [0.4, 0.5) is 0 Å². The van der Waals surface area contributed by atoms with Crippen molar-refractivity contribution in [2.24, 2.45) is 0 Å². The van der Waals surface area contributed by atoms with E-state index in [0.29, 0.717) is 6.54 Å². The molecule has 140 valence electrons. The molecular weight excluding hydrogens is 328 g/mol. The first kappa shape index (κ1) is 18.4. The lowest BCUT2D eigenvalue weighted by Crippen LogP contribution is -2.28. The molecular formula is C21H28N2O3. The maximum atomic E-state index is 12.9. The summed E-state index contributed by atoms with van der Waals surface area (Å²) in [4.78, 5) is 14.8. The van der Waals surface area contributed by atoms with Crippen LogP contribution in [-0.4, -0.2) is 42.7 Å². The number of likely N-dealkylation sites (tertiary alicyclic amines) is 1. The molecule has 1 amide bonds. The van der Waals surface area contributed by atoms with E-state index in [1.165, 1.54) is 0 Å². The number of rotatable bonds is 4. The quantitative estimate of drug-likeness (QED) is 0.835. The number of ether oxygens (including phenoxy) is 2. The largest absolute Gasteiger partial charge is 0.497 e. The molecule has 0 N–H and O–H groups in total. The molecule has 5 heteroatoms. The van der Waals surface area contributed by atoms with Gasteiger partial charge in [0.1, 0.15) is 11.5 Å². The number of hydrogen-bond donors (Lipinski definition) is 0. The highest BCUT2D eigenvalue weighted by molar-refractivity contribution is 5.94. The van der Waals surface area contributed by atoms with Gasteiger partial charge in [-0.2, -0.15) is 0 Å². The Hall–Kier alpha value is -2.43. The Bertz CT molecular complexity index is 789. The molecule has 3 rings (SSSR count). The van der Waals surface area contributed by atoms with Crippen molar-refractivity contribution in [3.8, 4) is 11.5 Å². The van der Waals surface area contributed by atoms with Gasteiger partial charge in [-0.05, 0) is 51.5 Å². The third kappa shape index (κ3) is 3.57. The standard InChI is InChI=1S/C21H28N2O3/c1-21(2,3)23-11-9-16(14-23)20(24)22-10-8-15(13-22)18-12-17(25-4)6-7-19(18)26-5/h6-7,9,11-12,14-15H,8,10,13H2,1-5H3/t15-/m0/s1. The van der Waals surface area contributed by atoms with E-state index in [1.807, 2.05) is 41.6 Å². The summed E-state index contributed by atoms with van der Waals surface area (Å²) in [5.41, 5.74) is 1.83. The van der Waals surface area contributed by atoms with Gasteiger partial charge < -0.3 is 18.9 Å². The smallest absolute Gasteiger partial charge is 0.255 e. The van der Waals surface area contributed by atoms with Crippen molar-refractivity contribution in [3.05, 3.63) is 47.8 Å². The number of hydrogen-bond acceptors (Lipinski definition) is 3. The highest BCUT2D eigenvalue weighted by atomic mass is 16.5. The molecule has 1 aliphatic rings. The monoisotopic (exact) mass is 356 g/mol. The first-order chi connectivity index (χ1) is 12.3. The molecule has 0 bridgehead atoms. The Kier molecular flexibility index (Phi) is 4.99. The third-order valence-corrected chi connectivity index (χ3v) is 5.07. The number of benzene rings is 1. The molecule has 1 fully saturated rings. The fourth-order valence-electron chi connectivity index (χ4n) is 3.48. The average molecular weight is 356 g/mol. The third-order valence-electron chi connectivity index (χ3n) is 5.07. The summed E-state index contributed by atoms with van der Waals surface area (Å²) < 4.78 is 13.0. The number of methoxy groups -OCH3 is 2. The molecule has 1 atom stereocenters. The van der Waals surface area contributed by atoms with Gasteiger partial charge in [-0.15, -0.1) is 0 Å². The first-order valence-corrected chi connectivity index (χ1v) is 9.03. The lowest BCUT2D eigenvalue weighted by molar-refractivity contribution is 0.0790. The molecule has 2 aromatic rings. The molecule has 0 saturated carbocycles. The predicted octanol–water partition coefficient (Wildman–Crippen LogP) is 3.89. The van der Waals surface area contributed by atoms with Gasteiger partial charge in [-0.1, -0.05) is 0 Å². The van der Waals surface area contributed by atoms with E-state index >= 15 is 0 Å². The zero-order valence-corrected chi connectivity index (χ0v) is 16.3. The lowest BCUT2D eigenvalue weighted by atomic mass is 9.97. The Labute approximate surface area is 155 Å². The molecule has 0 radical (unpaired) electrons. The van der Waals surface area contributed by atoms with Crippen molar-refractivity contribution in [3.63, 3.8) is 0 Å². The lowest BCUT2D eigenvalue weighted by Gasteiger charge is -2.21. The van der Waals surface area contributed by atoms with Gasteiger partial charge in [0.05, 0.1) is 19.8 Å². The zero-order chi connectivity index (χ0) is 18.9. The van der Waals surface area contributed by atoms with E-state index < -0.39 is 0 Å². The van der Waals surface area contributed by atoms with Crippen LogP contribution in [-0.2, 0) is 5.54 Å². The maximum Gasteiger partial charge on any atom is 0.255 e.